The third kappa shape index (κ3) is 4.00. The van der Waals surface area contributed by atoms with Gasteiger partial charge in [0.25, 0.3) is 0 Å². The van der Waals surface area contributed by atoms with E-state index in [1.807, 2.05) is 11.8 Å². The van der Waals surface area contributed by atoms with Crippen molar-refractivity contribution in [2.75, 3.05) is 18.1 Å². The molecule has 0 aliphatic carbocycles. The van der Waals surface area contributed by atoms with E-state index >= 15 is 0 Å². The van der Waals surface area contributed by atoms with Crippen molar-refractivity contribution >= 4 is 11.8 Å². The van der Waals surface area contributed by atoms with E-state index in [1.165, 1.54) is 12.2 Å². The summed E-state index contributed by atoms with van der Waals surface area (Å²) in [6.07, 6.45) is 1.98. The van der Waals surface area contributed by atoms with Gasteiger partial charge in [0.1, 0.15) is 0 Å². The first-order chi connectivity index (χ1) is 8.04. The molecule has 2 heterocycles. The summed E-state index contributed by atoms with van der Waals surface area (Å²) in [6.45, 7) is 7.34. The summed E-state index contributed by atoms with van der Waals surface area (Å²) in [5.74, 6) is 4.42. The molecule has 1 N–H and O–H groups in total. The topological polar surface area (TPSA) is 51.0 Å². The summed E-state index contributed by atoms with van der Waals surface area (Å²) in [4.78, 5) is 0. The zero-order valence-electron chi connectivity index (χ0n) is 10.8. The summed E-state index contributed by atoms with van der Waals surface area (Å²) < 4.78 is 5.71. The Kier molecular flexibility index (Phi) is 4.09. The van der Waals surface area contributed by atoms with Crippen LogP contribution in [0.2, 0.25) is 0 Å². The van der Waals surface area contributed by atoms with E-state index in [9.17, 15) is 0 Å². The Bertz CT molecular complexity index is 353. The molecule has 1 unspecified atom stereocenters. The first-order valence-corrected chi connectivity index (χ1v) is 7.35. The quantitative estimate of drug-likeness (QED) is 0.894. The monoisotopic (exact) mass is 255 g/mol. The normalized spacial score (nSPS) is 21.0. The van der Waals surface area contributed by atoms with Crippen molar-refractivity contribution in [3.63, 3.8) is 0 Å². The Labute approximate surface area is 107 Å². The minimum Gasteiger partial charge on any atom is -0.425 e. The number of rotatable bonds is 4. The van der Waals surface area contributed by atoms with E-state index in [0.29, 0.717) is 5.92 Å². The van der Waals surface area contributed by atoms with Gasteiger partial charge in [0.05, 0.1) is 0 Å². The highest BCUT2D eigenvalue weighted by molar-refractivity contribution is 7.99. The fourth-order valence-corrected chi connectivity index (χ4v) is 3.02. The van der Waals surface area contributed by atoms with Crippen LogP contribution < -0.4 is 5.32 Å². The average Bonchev–Trinajstić information content (AvgIpc) is 2.83. The molecule has 1 atom stereocenters. The molecule has 0 aromatic carbocycles. The van der Waals surface area contributed by atoms with Gasteiger partial charge in [-0.2, -0.15) is 11.8 Å². The average molecular weight is 255 g/mol. The van der Waals surface area contributed by atoms with Gasteiger partial charge < -0.3 is 9.73 Å². The molecule has 1 fully saturated rings. The molecular weight excluding hydrogens is 234 g/mol. The molecule has 0 spiro atoms. The van der Waals surface area contributed by atoms with Gasteiger partial charge >= 0.3 is 0 Å². The van der Waals surface area contributed by atoms with Crippen molar-refractivity contribution in [2.24, 2.45) is 0 Å². The zero-order valence-corrected chi connectivity index (χ0v) is 11.6. The lowest BCUT2D eigenvalue weighted by atomic mass is 10.1. The van der Waals surface area contributed by atoms with Crippen LogP contribution in [0.4, 0.5) is 0 Å². The molecule has 4 nitrogen and oxygen atoms in total. The SMILES string of the molecule is CC(C)(C)NCCc1nnc(C2CCSC2)o1. The van der Waals surface area contributed by atoms with Crippen molar-refractivity contribution in [1.29, 1.82) is 0 Å². The molecule has 0 radical (unpaired) electrons. The van der Waals surface area contributed by atoms with Crippen LogP contribution in [0.5, 0.6) is 0 Å². The minimum atomic E-state index is 0.144. The Balaban J connectivity index is 1.81. The molecule has 0 bridgehead atoms. The highest BCUT2D eigenvalue weighted by atomic mass is 32.2. The van der Waals surface area contributed by atoms with Gasteiger partial charge in [0.15, 0.2) is 0 Å². The molecule has 5 heteroatoms. The molecule has 1 aromatic heterocycles. The summed E-state index contributed by atoms with van der Waals surface area (Å²) >= 11 is 1.97. The molecule has 1 aromatic rings. The third-order valence-corrected chi connectivity index (χ3v) is 3.92. The Hall–Kier alpha value is -0.550. The molecule has 1 saturated heterocycles. The number of nitrogens with one attached hydrogen (secondary N) is 1. The van der Waals surface area contributed by atoms with Crippen LogP contribution in [0.3, 0.4) is 0 Å². The van der Waals surface area contributed by atoms with Crippen LogP contribution in [0, 0.1) is 0 Å². The molecule has 0 saturated carbocycles. The third-order valence-electron chi connectivity index (χ3n) is 2.76. The van der Waals surface area contributed by atoms with Crippen LogP contribution in [0.15, 0.2) is 4.42 Å². The van der Waals surface area contributed by atoms with Gasteiger partial charge in [0, 0.05) is 30.2 Å². The smallest absolute Gasteiger partial charge is 0.220 e. The zero-order chi connectivity index (χ0) is 12.3. The predicted octanol–water partition coefficient (Wildman–Crippen LogP) is 2.22. The van der Waals surface area contributed by atoms with Crippen LogP contribution in [-0.2, 0) is 6.42 Å². The molecule has 1 aliphatic heterocycles. The summed E-state index contributed by atoms with van der Waals surface area (Å²) in [5, 5.41) is 11.7. The van der Waals surface area contributed by atoms with Crippen LogP contribution in [-0.4, -0.2) is 33.8 Å². The second-order valence-electron chi connectivity index (χ2n) is 5.52. The van der Waals surface area contributed by atoms with Crippen molar-refractivity contribution in [2.45, 2.75) is 45.1 Å². The lowest BCUT2D eigenvalue weighted by molar-refractivity contribution is 0.393. The van der Waals surface area contributed by atoms with Gasteiger partial charge in [-0.25, -0.2) is 0 Å². The highest BCUT2D eigenvalue weighted by Crippen LogP contribution is 2.31. The Morgan fingerprint density at radius 1 is 1.41 bits per heavy atom. The largest absolute Gasteiger partial charge is 0.425 e. The maximum Gasteiger partial charge on any atom is 0.220 e. The second kappa shape index (κ2) is 5.40. The van der Waals surface area contributed by atoms with Crippen LogP contribution in [0.25, 0.3) is 0 Å². The molecule has 17 heavy (non-hydrogen) atoms. The minimum absolute atomic E-state index is 0.144. The van der Waals surface area contributed by atoms with E-state index in [0.717, 1.165) is 30.5 Å². The molecule has 2 rings (SSSR count). The number of nitrogens with zero attached hydrogens (tertiary/aromatic N) is 2. The first-order valence-electron chi connectivity index (χ1n) is 6.20. The van der Waals surface area contributed by atoms with E-state index in [4.69, 9.17) is 4.42 Å². The summed E-state index contributed by atoms with van der Waals surface area (Å²) in [7, 11) is 0. The number of hydrogen-bond acceptors (Lipinski definition) is 5. The fourth-order valence-electron chi connectivity index (χ4n) is 1.81. The summed E-state index contributed by atoms with van der Waals surface area (Å²) in [5.41, 5.74) is 0.144. The number of aromatic nitrogens is 2. The van der Waals surface area contributed by atoms with Crippen molar-refractivity contribution in [1.82, 2.24) is 15.5 Å². The van der Waals surface area contributed by atoms with Crippen molar-refractivity contribution in [3.8, 4) is 0 Å². The van der Waals surface area contributed by atoms with Gasteiger partial charge in [-0.3, -0.25) is 0 Å². The predicted molar refractivity (Wildman–Crippen MR) is 70.4 cm³/mol. The second-order valence-corrected chi connectivity index (χ2v) is 6.67. The standard InChI is InChI=1S/C12H21N3OS/c1-12(2,3)13-6-4-10-14-15-11(16-10)9-5-7-17-8-9/h9,13H,4-8H2,1-3H3. The maximum absolute atomic E-state index is 5.71. The molecule has 96 valence electrons. The van der Waals surface area contributed by atoms with E-state index in [-0.39, 0.29) is 5.54 Å². The maximum atomic E-state index is 5.71. The molecule has 0 amide bonds. The number of hydrogen-bond donors (Lipinski definition) is 1. The van der Waals surface area contributed by atoms with Crippen molar-refractivity contribution in [3.05, 3.63) is 11.8 Å². The molecular formula is C12H21N3OS. The number of thioether (sulfide) groups is 1. The highest BCUT2D eigenvalue weighted by Gasteiger charge is 2.23. The molecule has 1 aliphatic rings. The first kappa shape index (κ1) is 12.9. The lowest BCUT2D eigenvalue weighted by Crippen LogP contribution is -2.37. The van der Waals surface area contributed by atoms with Gasteiger partial charge in [-0.15, -0.1) is 10.2 Å². The Morgan fingerprint density at radius 2 is 2.24 bits per heavy atom. The Morgan fingerprint density at radius 3 is 2.88 bits per heavy atom. The summed E-state index contributed by atoms with van der Waals surface area (Å²) in [6, 6.07) is 0. The van der Waals surface area contributed by atoms with E-state index in [1.54, 1.807) is 0 Å². The van der Waals surface area contributed by atoms with Gasteiger partial charge in [-0.05, 0) is 32.9 Å². The van der Waals surface area contributed by atoms with Gasteiger partial charge in [-0.1, -0.05) is 0 Å². The van der Waals surface area contributed by atoms with Crippen LogP contribution in [0.1, 0.15) is 44.9 Å². The van der Waals surface area contributed by atoms with Gasteiger partial charge in [0.2, 0.25) is 11.8 Å². The van der Waals surface area contributed by atoms with E-state index < -0.39 is 0 Å². The fraction of sp³-hybridized carbons (Fsp3) is 0.833. The lowest BCUT2D eigenvalue weighted by Gasteiger charge is -2.19. The van der Waals surface area contributed by atoms with Crippen LogP contribution >= 0.6 is 11.8 Å². The van der Waals surface area contributed by atoms with Crippen molar-refractivity contribution < 1.29 is 4.42 Å². The van der Waals surface area contributed by atoms with E-state index in [2.05, 4.69) is 36.3 Å².